The highest BCUT2D eigenvalue weighted by Gasteiger charge is 2.20. The molecule has 3 N–H and O–H groups in total. The first-order valence-electron chi connectivity index (χ1n) is 7.29. The van der Waals surface area contributed by atoms with Gasteiger partial charge in [-0.15, -0.1) is 0 Å². The van der Waals surface area contributed by atoms with Crippen molar-refractivity contribution in [2.24, 2.45) is 0 Å². The molecular weight excluding hydrogens is 266 g/mol. The van der Waals surface area contributed by atoms with Gasteiger partial charge in [0, 0.05) is 11.2 Å². The molecule has 0 aliphatic heterocycles. The molecule has 0 fully saturated rings. The molecule has 0 aliphatic rings. The third-order valence-electron chi connectivity index (χ3n) is 2.89. The molecule has 2 amide bonds. The number of hydrogen-bond acceptors (Lipinski definition) is 2. The van der Waals surface area contributed by atoms with E-state index in [1.165, 1.54) is 0 Å². The van der Waals surface area contributed by atoms with Crippen LogP contribution in [0.2, 0.25) is 0 Å². The summed E-state index contributed by atoms with van der Waals surface area (Å²) in [4.78, 5) is 24.8. The smallest absolute Gasteiger partial charge is 0.279 e. The molecule has 1 atom stereocenters. The summed E-state index contributed by atoms with van der Waals surface area (Å²) in [6, 6.07) is 9.33. The molecule has 1 aromatic rings. The second-order valence-corrected chi connectivity index (χ2v) is 6.17. The second kappa shape index (κ2) is 7.78. The quantitative estimate of drug-likeness (QED) is 0.713. The summed E-state index contributed by atoms with van der Waals surface area (Å²) in [6.45, 7) is 9.10. The summed E-state index contributed by atoms with van der Waals surface area (Å²) in [5.41, 5.74) is 0.527. The molecule has 0 spiro atoms. The predicted molar refractivity (Wildman–Crippen MR) is 84.2 cm³/mol. The molecule has 21 heavy (non-hydrogen) atoms. The molecule has 0 radical (unpaired) electrons. The number of hydrogen-bond donors (Lipinski definition) is 3. The Morgan fingerprint density at radius 2 is 1.62 bits per heavy atom. The first kappa shape index (κ1) is 17.2. The fraction of sp³-hybridized carbons (Fsp3) is 0.500. The van der Waals surface area contributed by atoms with Gasteiger partial charge in [-0.25, -0.2) is 0 Å². The molecule has 0 bridgehead atoms. The highest BCUT2D eigenvalue weighted by Crippen LogP contribution is 2.03. The van der Waals surface area contributed by atoms with E-state index in [1.54, 1.807) is 0 Å². The monoisotopic (exact) mass is 292 g/mol. The molecule has 0 aromatic heterocycles. The van der Waals surface area contributed by atoms with Gasteiger partial charge in [0.1, 0.15) is 0 Å². The minimum absolute atomic E-state index is 0.0353. The van der Waals surface area contributed by atoms with Crippen LogP contribution in [0, 0.1) is 0 Å². The van der Waals surface area contributed by atoms with Crippen LogP contribution in [0.1, 0.15) is 27.7 Å². The van der Waals surface area contributed by atoms with E-state index in [0.717, 1.165) is 17.1 Å². The number of benzene rings is 1. The molecule has 0 saturated heterocycles. The van der Waals surface area contributed by atoms with Gasteiger partial charge in [-0.1, -0.05) is 18.2 Å². The summed E-state index contributed by atoms with van der Waals surface area (Å²) in [5.74, 6) is -0.117. The number of carbonyl (C=O) groups excluding carboxylic acids is 2. The molecule has 0 aliphatic carbocycles. The Labute approximate surface area is 126 Å². The van der Waals surface area contributed by atoms with Gasteiger partial charge < -0.3 is 15.5 Å². The Morgan fingerprint density at radius 3 is 2.14 bits per heavy atom. The van der Waals surface area contributed by atoms with Gasteiger partial charge in [-0.2, -0.15) is 0 Å². The maximum atomic E-state index is 12.0. The van der Waals surface area contributed by atoms with Crippen LogP contribution in [0.3, 0.4) is 0 Å². The third-order valence-corrected chi connectivity index (χ3v) is 2.89. The summed E-state index contributed by atoms with van der Waals surface area (Å²) in [5, 5.41) is 5.75. The second-order valence-electron chi connectivity index (χ2n) is 6.17. The lowest BCUT2D eigenvalue weighted by atomic mass is 10.1. The maximum Gasteiger partial charge on any atom is 0.279 e. The minimum atomic E-state index is -0.248. The van der Waals surface area contributed by atoms with Crippen molar-refractivity contribution in [3.8, 4) is 0 Å². The van der Waals surface area contributed by atoms with Crippen molar-refractivity contribution in [3.05, 3.63) is 30.3 Å². The van der Waals surface area contributed by atoms with E-state index in [1.807, 2.05) is 58.0 Å². The van der Waals surface area contributed by atoms with Gasteiger partial charge in [0.05, 0.1) is 6.54 Å². The molecular formula is C16H26N3O2+. The Kier molecular flexibility index (Phi) is 6.37. The fourth-order valence-corrected chi connectivity index (χ4v) is 1.96. The number of rotatable bonds is 6. The lowest BCUT2D eigenvalue weighted by molar-refractivity contribution is -0.881. The summed E-state index contributed by atoms with van der Waals surface area (Å²) >= 11 is 0. The largest absolute Gasteiger partial charge is 0.347 e. The van der Waals surface area contributed by atoms with E-state index < -0.39 is 0 Å². The van der Waals surface area contributed by atoms with Crippen LogP contribution < -0.4 is 15.5 Å². The zero-order valence-corrected chi connectivity index (χ0v) is 13.3. The van der Waals surface area contributed by atoms with Gasteiger partial charge in [0.25, 0.3) is 11.8 Å². The van der Waals surface area contributed by atoms with Crippen molar-refractivity contribution in [2.45, 2.75) is 33.2 Å². The van der Waals surface area contributed by atoms with E-state index in [9.17, 15) is 9.59 Å². The molecule has 0 heterocycles. The lowest BCUT2D eigenvalue weighted by Crippen LogP contribution is -3.14. The predicted octanol–water partition coefficient (Wildman–Crippen LogP) is 0.445. The number of nitrogens with one attached hydrogen (secondary N) is 3. The molecule has 1 aromatic carbocycles. The van der Waals surface area contributed by atoms with E-state index in [4.69, 9.17) is 0 Å². The number of quaternary nitrogens is 1. The number of likely N-dealkylation sites (N-methyl/N-ethyl adjacent to an activating group) is 1. The van der Waals surface area contributed by atoms with Crippen LogP contribution >= 0.6 is 0 Å². The molecule has 1 rings (SSSR count). The van der Waals surface area contributed by atoms with E-state index in [2.05, 4.69) is 10.6 Å². The van der Waals surface area contributed by atoms with Crippen molar-refractivity contribution in [2.75, 3.05) is 25.0 Å². The Morgan fingerprint density at radius 1 is 1.05 bits per heavy atom. The average Bonchev–Trinajstić information content (AvgIpc) is 2.36. The van der Waals surface area contributed by atoms with Gasteiger partial charge >= 0.3 is 0 Å². The summed E-state index contributed by atoms with van der Waals surface area (Å²) < 4.78 is 0. The molecule has 5 heteroatoms. The zero-order chi connectivity index (χ0) is 15.9. The molecule has 5 nitrogen and oxygen atoms in total. The molecule has 0 saturated carbocycles. The Bertz CT molecular complexity index is 466. The van der Waals surface area contributed by atoms with Crippen molar-refractivity contribution < 1.29 is 14.5 Å². The van der Waals surface area contributed by atoms with E-state index in [-0.39, 0.29) is 23.9 Å². The SMILES string of the molecule is CC[NH+](CC(=O)Nc1ccccc1)CC(=O)NC(C)(C)C. The third kappa shape index (κ3) is 7.46. The minimum Gasteiger partial charge on any atom is -0.347 e. The standard InChI is InChI=1S/C16H25N3O2/c1-5-19(12-15(21)18-16(2,3)4)11-14(20)17-13-9-7-6-8-10-13/h6-10H,5,11-12H2,1-4H3,(H,17,20)(H,18,21)/p+1. The highest BCUT2D eigenvalue weighted by atomic mass is 16.2. The maximum absolute atomic E-state index is 12.0. The topological polar surface area (TPSA) is 62.6 Å². The lowest BCUT2D eigenvalue weighted by Gasteiger charge is -2.23. The van der Waals surface area contributed by atoms with Crippen LogP contribution in [0.25, 0.3) is 0 Å². The van der Waals surface area contributed by atoms with Crippen molar-refractivity contribution >= 4 is 17.5 Å². The average molecular weight is 292 g/mol. The number of amides is 2. The Hall–Kier alpha value is -1.88. The fourth-order valence-electron chi connectivity index (χ4n) is 1.96. The van der Waals surface area contributed by atoms with Crippen molar-refractivity contribution in [1.29, 1.82) is 0 Å². The van der Waals surface area contributed by atoms with Gasteiger partial charge in [0.2, 0.25) is 0 Å². The normalized spacial score (nSPS) is 12.6. The number of carbonyl (C=O) groups is 2. The number of para-hydroxylation sites is 1. The van der Waals surface area contributed by atoms with E-state index >= 15 is 0 Å². The van der Waals surface area contributed by atoms with Crippen molar-refractivity contribution in [3.63, 3.8) is 0 Å². The van der Waals surface area contributed by atoms with Gasteiger partial charge in [-0.3, -0.25) is 9.59 Å². The van der Waals surface area contributed by atoms with Gasteiger partial charge in [0.15, 0.2) is 13.1 Å². The van der Waals surface area contributed by atoms with Gasteiger partial charge in [-0.05, 0) is 39.8 Å². The Balaban J connectivity index is 2.46. The van der Waals surface area contributed by atoms with Crippen LogP contribution in [-0.2, 0) is 9.59 Å². The van der Waals surface area contributed by atoms with Crippen LogP contribution in [0.4, 0.5) is 5.69 Å². The first-order valence-corrected chi connectivity index (χ1v) is 7.29. The van der Waals surface area contributed by atoms with E-state index in [0.29, 0.717) is 6.54 Å². The summed E-state index contributed by atoms with van der Waals surface area (Å²) in [6.07, 6.45) is 0. The van der Waals surface area contributed by atoms with Crippen LogP contribution in [-0.4, -0.2) is 37.0 Å². The van der Waals surface area contributed by atoms with Crippen LogP contribution in [0.5, 0.6) is 0 Å². The van der Waals surface area contributed by atoms with Crippen LogP contribution in [0.15, 0.2) is 30.3 Å². The molecule has 116 valence electrons. The number of anilines is 1. The molecule has 1 unspecified atom stereocenters. The zero-order valence-electron chi connectivity index (χ0n) is 13.3. The van der Waals surface area contributed by atoms with Crippen molar-refractivity contribution in [1.82, 2.24) is 5.32 Å². The highest BCUT2D eigenvalue weighted by molar-refractivity contribution is 5.91. The first-order chi connectivity index (χ1) is 9.80. The summed E-state index contributed by atoms with van der Waals surface area (Å²) in [7, 11) is 0.